The zero-order chi connectivity index (χ0) is 15.8. The maximum Gasteiger partial charge on any atom is 0.140 e. The standard InChI is InChI=1S/C16H17BrN4S2/c1-11-8-13-15(18-10-19-16(13)22-11)21-6-4-20(5-7-21)9-12-2-3-14(17)23-12/h2-3,8,10H,4-7,9H2,1H3. The predicted octanol–water partition coefficient (Wildman–Crippen LogP) is 4.15. The van der Waals surface area contributed by atoms with Crippen LogP contribution in [0, 0.1) is 6.92 Å². The Morgan fingerprint density at radius 2 is 1.96 bits per heavy atom. The van der Waals surface area contributed by atoms with Crippen molar-refractivity contribution < 1.29 is 0 Å². The zero-order valence-corrected chi connectivity index (χ0v) is 16.0. The molecule has 0 radical (unpaired) electrons. The highest BCUT2D eigenvalue weighted by molar-refractivity contribution is 9.11. The molecule has 120 valence electrons. The fraction of sp³-hybridized carbons (Fsp3) is 0.375. The molecule has 0 saturated carbocycles. The number of rotatable bonds is 3. The summed E-state index contributed by atoms with van der Waals surface area (Å²) in [6, 6.07) is 6.56. The highest BCUT2D eigenvalue weighted by Crippen LogP contribution is 2.30. The minimum absolute atomic E-state index is 1.02. The molecule has 1 saturated heterocycles. The number of aromatic nitrogens is 2. The van der Waals surface area contributed by atoms with E-state index >= 15 is 0 Å². The Labute approximate surface area is 151 Å². The topological polar surface area (TPSA) is 32.3 Å². The molecule has 4 nitrogen and oxygen atoms in total. The van der Waals surface area contributed by atoms with Crippen molar-refractivity contribution in [2.75, 3.05) is 31.1 Å². The van der Waals surface area contributed by atoms with Crippen LogP contribution in [0.3, 0.4) is 0 Å². The van der Waals surface area contributed by atoms with E-state index in [2.05, 4.69) is 60.8 Å². The molecule has 1 fully saturated rings. The van der Waals surface area contributed by atoms with Gasteiger partial charge in [0, 0.05) is 42.5 Å². The van der Waals surface area contributed by atoms with Crippen molar-refractivity contribution in [1.82, 2.24) is 14.9 Å². The van der Waals surface area contributed by atoms with Crippen molar-refractivity contribution in [3.63, 3.8) is 0 Å². The first-order valence-corrected chi connectivity index (χ1v) is 10.0. The number of thiophene rings is 2. The number of aryl methyl sites for hydroxylation is 1. The Bertz CT molecular complexity index is 820. The molecule has 4 heterocycles. The van der Waals surface area contributed by atoms with E-state index in [9.17, 15) is 0 Å². The molecular weight excluding hydrogens is 392 g/mol. The normalized spacial score (nSPS) is 16.3. The average Bonchev–Trinajstić information content (AvgIpc) is 3.12. The maximum atomic E-state index is 4.56. The summed E-state index contributed by atoms with van der Waals surface area (Å²) in [6.07, 6.45) is 1.70. The SMILES string of the molecule is Cc1cc2c(N3CCN(Cc4ccc(Br)s4)CC3)ncnc2s1. The van der Waals surface area contributed by atoms with E-state index in [0.717, 1.165) is 43.4 Å². The van der Waals surface area contributed by atoms with Crippen LogP contribution in [0.1, 0.15) is 9.75 Å². The van der Waals surface area contributed by atoms with Gasteiger partial charge in [-0.05, 0) is 41.1 Å². The zero-order valence-electron chi connectivity index (χ0n) is 12.8. The summed E-state index contributed by atoms with van der Waals surface area (Å²) >= 11 is 7.11. The second-order valence-corrected chi connectivity index (χ2v) is 9.52. The van der Waals surface area contributed by atoms with E-state index in [-0.39, 0.29) is 0 Å². The summed E-state index contributed by atoms with van der Waals surface area (Å²) in [5.41, 5.74) is 0. The molecule has 4 rings (SSSR count). The van der Waals surface area contributed by atoms with Crippen molar-refractivity contribution >= 4 is 54.6 Å². The molecular formula is C16H17BrN4S2. The van der Waals surface area contributed by atoms with E-state index in [1.54, 1.807) is 17.7 Å². The fourth-order valence-corrected chi connectivity index (χ4v) is 5.36. The first-order chi connectivity index (χ1) is 11.2. The third-order valence-electron chi connectivity index (χ3n) is 4.11. The third-order valence-corrected chi connectivity index (χ3v) is 6.68. The first-order valence-electron chi connectivity index (χ1n) is 7.62. The van der Waals surface area contributed by atoms with Gasteiger partial charge in [0.25, 0.3) is 0 Å². The molecule has 0 unspecified atom stereocenters. The molecule has 3 aromatic rings. The number of halogens is 1. The maximum absolute atomic E-state index is 4.56. The largest absolute Gasteiger partial charge is 0.353 e. The quantitative estimate of drug-likeness (QED) is 0.651. The number of fused-ring (bicyclic) bond motifs is 1. The Balaban J connectivity index is 1.46. The van der Waals surface area contributed by atoms with Crippen molar-refractivity contribution in [2.24, 2.45) is 0 Å². The summed E-state index contributed by atoms with van der Waals surface area (Å²) < 4.78 is 1.21. The van der Waals surface area contributed by atoms with E-state index in [1.807, 2.05) is 11.3 Å². The second kappa shape index (κ2) is 6.47. The van der Waals surface area contributed by atoms with Crippen molar-refractivity contribution in [3.05, 3.63) is 38.1 Å². The van der Waals surface area contributed by atoms with Gasteiger partial charge in [-0.15, -0.1) is 22.7 Å². The summed E-state index contributed by atoms with van der Waals surface area (Å²) in [7, 11) is 0. The van der Waals surface area contributed by atoms with Crippen LogP contribution in [-0.2, 0) is 6.54 Å². The lowest BCUT2D eigenvalue weighted by Gasteiger charge is -2.35. The van der Waals surface area contributed by atoms with Crippen LogP contribution in [0.5, 0.6) is 0 Å². The number of nitrogens with zero attached hydrogens (tertiary/aromatic N) is 4. The summed E-state index contributed by atoms with van der Waals surface area (Å²) in [4.78, 5) is 17.7. The third kappa shape index (κ3) is 3.28. The Morgan fingerprint density at radius 1 is 1.13 bits per heavy atom. The van der Waals surface area contributed by atoms with E-state index < -0.39 is 0 Å². The Hall–Kier alpha value is -1.02. The van der Waals surface area contributed by atoms with Crippen LogP contribution in [0.4, 0.5) is 5.82 Å². The fourth-order valence-electron chi connectivity index (χ4n) is 2.99. The monoisotopic (exact) mass is 408 g/mol. The number of piperazine rings is 1. The molecule has 0 N–H and O–H groups in total. The summed E-state index contributed by atoms with van der Waals surface area (Å²) in [5.74, 6) is 1.10. The molecule has 0 aromatic carbocycles. The highest BCUT2D eigenvalue weighted by Gasteiger charge is 2.21. The van der Waals surface area contributed by atoms with E-state index in [1.165, 1.54) is 18.9 Å². The van der Waals surface area contributed by atoms with Crippen LogP contribution in [-0.4, -0.2) is 41.0 Å². The minimum atomic E-state index is 1.02. The van der Waals surface area contributed by atoms with Crippen LogP contribution in [0.15, 0.2) is 28.3 Å². The molecule has 0 bridgehead atoms. The van der Waals surface area contributed by atoms with Crippen molar-refractivity contribution in [3.8, 4) is 0 Å². The summed E-state index contributed by atoms with van der Waals surface area (Å²) in [5, 5.41) is 1.20. The van der Waals surface area contributed by atoms with Crippen LogP contribution in [0.25, 0.3) is 10.2 Å². The van der Waals surface area contributed by atoms with Crippen molar-refractivity contribution in [2.45, 2.75) is 13.5 Å². The van der Waals surface area contributed by atoms with Gasteiger partial charge in [0.05, 0.1) is 9.17 Å². The van der Waals surface area contributed by atoms with Crippen LogP contribution < -0.4 is 4.90 Å². The molecule has 0 atom stereocenters. The molecule has 0 aliphatic carbocycles. The first kappa shape index (κ1) is 15.5. The van der Waals surface area contributed by atoms with E-state index in [0.29, 0.717) is 0 Å². The lowest BCUT2D eigenvalue weighted by atomic mass is 10.2. The van der Waals surface area contributed by atoms with Gasteiger partial charge in [-0.3, -0.25) is 4.90 Å². The molecule has 3 aromatic heterocycles. The Morgan fingerprint density at radius 3 is 2.70 bits per heavy atom. The number of hydrogen-bond acceptors (Lipinski definition) is 6. The van der Waals surface area contributed by atoms with Gasteiger partial charge >= 0.3 is 0 Å². The molecule has 0 amide bonds. The number of anilines is 1. The molecule has 1 aliphatic rings. The molecule has 23 heavy (non-hydrogen) atoms. The predicted molar refractivity (Wildman–Crippen MR) is 102 cm³/mol. The molecule has 0 spiro atoms. The van der Waals surface area contributed by atoms with Gasteiger partial charge in [0.15, 0.2) is 0 Å². The average molecular weight is 409 g/mol. The lowest BCUT2D eigenvalue weighted by Crippen LogP contribution is -2.46. The van der Waals surface area contributed by atoms with Gasteiger partial charge in [-0.1, -0.05) is 0 Å². The van der Waals surface area contributed by atoms with Gasteiger partial charge in [0.1, 0.15) is 17.0 Å². The van der Waals surface area contributed by atoms with Gasteiger partial charge in [-0.2, -0.15) is 0 Å². The van der Waals surface area contributed by atoms with Crippen LogP contribution >= 0.6 is 38.6 Å². The number of hydrogen-bond donors (Lipinski definition) is 0. The lowest BCUT2D eigenvalue weighted by molar-refractivity contribution is 0.251. The van der Waals surface area contributed by atoms with E-state index in [4.69, 9.17) is 0 Å². The minimum Gasteiger partial charge on any atom is -0.353 e. The summed E-state index contributed by atoms with van der Waals surface area (Å²) in [6.45, 7) is 7.36. The van der Waals surface area contributed by atoms with Crippen LogP contribution in [0.2, 0.25) is 0 Å². The van der Waals surface area contributed by atoms with Gasteiger partial charge in [-0.25, -0.2) is 9.97 Å². The highest BCUT2D eigenvalue weighted by atomic mass is 79.9. The molecule has 1 aliphatic heterocycles. The van der Waals surface area contributed by atoms with Crippen molar-refractivity contribution in [1.29, 1.82) is 0 Å². The smallest absolute Gasteiger partial charge is 0.140 e. The Kier molecular flexibility index (Phi) is 4.36. The second-order valence-electron chi connectivity index (χ2n) is 5.74. The van der Waals surface area contributed by atoms with Gasteiger partial charge < -0.3 is 4.90 Å². The molecule has 7 heteroatoms. The van der Waals surface area contributed by atoms with Gasteiger partial charge in [0.2, 0.25) is 0 Å².